The van der Waals surface area contributed by atoms with Crippen LogP contribution >= 0.6 is 11.6 Å². The molecule has 0 fully saturated rings. The lowest BCUT2D eigenvalue weighted by atomic mass is 10.1. The standard InChI is InChI=1S/C16H20ClF2N5/c1-2-20-16(22-8-7-12-3-5-13(17)6-4-12)23-11-14-21-9-10-24(14)15(18)19/h3-6,9-10,15H,2,7-8,11H2,1H3,(H2,20,22,23). The second-order valence-electron chi connectivity index (χ2n) is 5.03. The van der Waals surface area contributed by atoms with Crippen LogP contribution in [0.15, 0.2) is 41.7 Å². The van der Waals surface area contributed by atoms with Crippen molar-refractivity contribution in [2.75, 3.05) is 13.1 Å². The third kappa shape index (κ3) is 5.49. The van der Waals surface area contributed by atoms with E-state index in [-0.39, 0.29) is 12.4 Å². The summed E-state index contributed by atoms with van der Waals surface area (Å²) in [5.41, 5.74) is 1.15. The van der Waals surface area contributed by atoms with E-state index < -0.39 is 6.55 Å². The maximum atomic E-state index is 12.8. The Morgan fingerprint density at radius 3 is 2.71 bits per heavy atom. The lowest BCUT2D eigenvalue weighted by Gasteiger charge is -2.11. The van der Waals surface area contributed by atoms with Crippen molar-refractivity contribution in [2.24, 2.45) is 4.99 Å². The van der Waals surface area contributed by atoms with Crippen LogP contribution in [0.3, 0.4) is 0 Å². The Morgan fingerprint density at radius 1 is 1.29 bits per heavy atom. The van der Waals surface area contributed by atoms with Crippen molar-refractivity contribution in [3.63, 3.8) is 0 Å². The fourth-order valence-electron chi connectivity index (χ4n) is 2.11. The molecule has 0 spiro atoms. The van der Waals surface area contributed by atoms with E-state index >= 15 is 0 Å². The maximum absolute atomic E-state index is 12.8. The molecule has 1 heterocycles. The van der Waals surface area contributed by atoms with Crippen LogP contribution in [-0.4, -0.2) is 28.6 Å². The summed E-state index contributed by atoms with van der Waals surface area (Å²) >= 11 is 5.86. The van der Waals surface area contributed by atoms with E-state index in [1.54, 1.807) is 0 Å². The maximum Gasteiger partial charge on any atom is 0.319 e. The van der Waals surface area contributed by atoms with Crippen molar-refractivity contribution in [1.82, 2.24) is 20.2 Å². The highest BCUT2D eigenvalue weighted by atomic mass is 35.5. The summed E-state index contributed by atoms with van der Waals surface area (Å²) in [7, 11) is 0. The molecule has 130 valence electrons. The Kier molecular flexibility index (Phi) is 6.99. The van der Waals surface area contributed by atoms with Crippen LogP contribution in [0.5, 0.6) is 0 Å². The molecule has 0 aliphatic heterocycles. The number of rotatable bonds is 7. The van der Waals surface area contributed by atoms with Crippen molar-refractivity contribution < 1.29 is 8.78 Å². The van der Waals surface area contributed by atoms with Gasteiger partial charge in [-0.3, -0.25) is 4.57 Å². The van der Waals surface area contributed by atoms with Crippen molar-refractivity contribution in [3.05, 3.63) is 53.1 Å². The summed E-state index contributed by atoms with van der Waals surface area (Å²) in [5, 5.41) is 6.96. The Balaban J connectivity index is 1.90. The summed E-state index contributed by atoms with van der Waals surface area (Å²) in [5.74, 6) is 0.787. The quantitative estimate of drug-likeness (QED) is 0.592. The first-order chi connectivity index (χ1) is 11.6. The topological polar surface area (TPSA) is 54.2 Å². The van der Waals surface area contributed by atoms with E-state index in [0.29, 0.717) is 24.1 Å². The highest BCUT2D eigenvalue weighted by Gasteiger charge is 2.10. The molecular weight excluding hydrogens is 336 g/mol. The Morgan fingerprint density at radius 2 is 2.04 bits per heavy atom. The van der Waals surface area contributed by atoms with Crippen molar-refractivity contribution in [3.8, 4) is 0 Å². The predicted octanol–water partition coefficient (Wildman–Crippen LogP) is 3.23. The lowest BCUT2D eigenvalue weighted by molar-refractivity contribution is 0.0671. The van der Waals surface area contributed by atoms with Gasteiger partial charge >= 0.3 is 6.55 Å². The van der Waals surface area contributed by atoms with Gasteiger partial charge in [0, 0.05) is 30.5 Å². The molecule has 0 aliphatic rings. The van der Waals surface area contributed by atoms with Gasteiger partial charge in [-0.05, 0) is 31.0 Å². The van der Waals surface area contributed by atoms with Crippen LogP contribution in [-0.2, 0) is 13.0 Å². The molecule has 0 aliphatic carbocycles. The molecule has 2 N–H and O–H groups in total. The Bertz CT molecular complexity index is 655. The number of halogens is 3. The Hall–Kier alpha value is -2.15. The molecule has 1 aromatic heterocycles. The molecule has 24 heavy (non-hydrogen) atoms. The smallest absolute Gasteiger partial charge is 0.319 e. The second kappa shape index (κ2) is 9.22. The molecule has 0 amide bonds. The minimum atomic E-state index is -2.61. The molecule has 2 aromatic rings. The predicted molar refractivity (Wildman–Crippen MR) is 91.5 cm³/mol. The number of benzene rings is 1. The highest BCUT2D eigenvalue weighted by Crippen LogP contribution is 2.13. The summed E-state index contributed by atoms with van der Waals surface area (Å²) in [6, 6.07) is 7.63. The van der Waals surface area contributed by atoms with Crippen molar-refractivity contribution >= 4 is 17.6 Å². The van der Waals surface area contributed by atoms with Crippen LogP contribution in [0.2, 0.25) is 5.02 Å². The molecule has 1 aromatic carbocycles. The summed E-state index contributed by atoms with van der Waals surface area (Å²) < 4.78 is 26.4. The Labute approximate surface area is 144 Å². The van der Waals surface area contributed by atoms with E-state index in [0.717, 1.165) is 16.6 Å². The molecule has 0 saturated heterocycles. The van der Waals surface area contributed by atoms with Gasteiger partial charge in [-0.25, -0.2) is 9.98 Å². The monoisotopic (exact) mass is 355 g/mol. The van der Waals surface area contributed by atoms with Gasteiger partial charge in [0.1, 0.15) is 12.4 Å². The third-order valence-electron chi connectivity index (χ3n) is 3.30. The molecule has 0 radical (unpaired) electrons. The lowest BCUT2D eigenvalue weighted by Crippen LogP contribution is -2.38. The molecule has 0 saturated carbocycles. The van der Waals surface area contributed by atoms with Gasteiger partial charge in [0.25, 0.3) is 0 Å². The molecule has 0 unspecified atom stereocenters. The average Bonchev–Trinajstić information content (AvgIpc) is 3.03. The van der Waals surface area contributed by atoms with Gasteiger partial charge in [-0.1, -0.05) is 23.7 Å². The van der Waals surface area contributed by atoms with E-state index in [1.165, 1.54) is 12.4 Å². The zero-order valence-electron chi connectivity index (χ0n) is 13.3. The first-order valence-electron chi connectivity index (χ1n) is 7.66. The fourth-order valence-corrected chi connectivity index (χ4v) is 2.24. The molecule has 8 heteroatoms. The van der Waals surface area contributed by atoms with Crippen LogP contribution in [0.1, 0.15) is 24.9 Å². The second-order valence-corrected chi connectivity index (χ2v) is 5.46. The number of aromatic nitrogens is 2. The molecule has 5 nitrogen and oxygen atoms in total. The van der Waals surface area contributed by atoms with Gasteiger partial charge in [0.05, 0.1) is 0 Å². The van der Waals surface area contributed by atoms with Crippen LogP contribution in [0, 0.1) is 0 Å². The number of aliphatic imine (C=N–C) groups is 1. The third-order valence-corrected chi connectivity index (χ3v) is 3.55. The molecular formula is C16H20ClF2N5. The largest absolute Gasteiger partial charge is 0.357 e. The first kappa shape index (κ1) is 18.2. The zero-order valence-corrected chi connectivity index (χ0v) is 14.1. The number of nitrogens with one attached hydrogen (secondary N) is 2. The number of imidazole rings is 1. The number of alkyl halides is 2. The SMILES string of the molecule is CCNC(=NCc1nccn1C(F)F)NCCc1ccc(Cl)cc1. The van der Waals surface area contributed by atoms with Crippen molar-refractivity contribution in [1.29, 1.82) is 0 Å². The fraction of sp³-hybridized carbons (Fsp3) is 0.375. The number of guanidine groups is 1. The molecule has 2 rings (SSSR count). The van der Waals surface area contributed by atoms with Gasteiger partial charge in [-0.15, -0.1) is 0 Å². The van der Waals surface area contributed by atoms with Gasteiger partial charge in [0.2, 0.25) is 0 Å². The summed E-state index contributed by atoms with van der Waals surface area (Å²) in [4.78, 5) is 8.21. The number of hydrogen-bond donors (Lipinski definition) is 2. The molecule has 0 atom stereocenters. The first-order valence-corrected chi connectivity index (χ1v) is 8.04. The minimum Gasteiger partial charge on any atom is -0.357 e. The zero-order chi connectivity index (χ0) is 17.4. The van der Waals surface area contributed by atoms with Crippen molar-refractivity contribution in [2.45, 2.75) is 26.4 Å². The highest BCUT2D eigenvalue weighted by molar-refractivity contribution is 6.30. The summed E-state index contributed by atoms with van der Waals surface area (Å²) in [6.07, 6.45) is 3.39. The summed E-state index contributed by atoms with van der Waals surface area (Å²) in [6.45, 7) is 0.745. The van der Waals surface area contributed by atoms with Crippen LogP contribution in [0.4, 0.5) is 8.78 Å². The van der Waals surface area contributed by atoms with Gasteiger partial charge in [-0.2, -0.15) is 8.78 Å². The average molecular weight is 356 g/mol. The van der Waals surface area contributed by atoms with E-state index in [1.807, 2.05) is 31.2 Å². The van der Waals surface area contributed by atoms with E-state index in [4.69, 9.17) is 11.6 Å². The van der Waals surface area contributed by atoms with E-state index in [9.17, 15) is 8.78 Å². The number of hydrogen-bond acceptors (Lipinski definition) is 2. The number of nitrogens with zero attached hydrogens (tertiary/aromatic N) is 3. The van der Waals surface area contributed by atoms with Gasteiger partial charge < -0.3 is 10.6 Å². The molecule has 0 bridgehead atoms. The normalized spacial score (nSPS) is 11.8. The van der Waals surface area contributed by atoms with Gasteiger partial charge in [0.15, 0.2) is 5.96 Å². The van der Waals surface area contributed by atoms with Crippen LogP contribution in [0.25, 0.3) is 0 Å². The minimum absolute atomic E-state index is 0.0770. The van der Waals surface area contributed by atoms with Crippen LogP contribution < -0.4 is 10.6 Å². The van der Waals surface area contributed by atoms with E-state index in [2.05, 4.69) is 20.6 Å².